The minimum absolute atomic E-state index is 0.194. The lowest BCUT2D eigenvalue weighted by Crippen LogP contribution is -2.25. The van der Waals surface area contributed by atoms with Crippen LogP contribution in [0.5, 0.6) is 0 Å². The van der Waals surface area contributed by atoms with Gasteiger partial charge in [0.15, 0.2) is 5.69 Å². The zero-order valence-electron chi connectivity index (χ0n) is 11.2. The van der Waals surface area contributed by atoms with Crippen LogP contribution in [0.2, 0.25) is 0 Å². The van der Waals surface area contributed by atoms with Gasteiger partial charge < -0.3 is 10.4 Å². The number of aliphatic hydroxyl groups excluding tert-OH is 1. The number of aliphatic hydroxyl groups is 1. The molecule has 0 spiro atoms. The van der Waals surface area contributed by atoms with E-state index < -0.39 is 0 Å². The van der Waals surface area contributed by atoms with Crippen LogP contribution in [-0.2, 0) is 0 Å². The molecule has 1 heterocycles. The molecule has 0 unspecified atom stereocenters. The Morgan fingerprint density at radius 3 is 2.75 bits per heavy atom. The monoisotopic (exact) mass is 274 g/mol. The molecule has 0 saturated heterocycles. The molecular formula is C14H18N4O2. The van der Waals surface area contributed by atoms with Gasteiger partial charge in [-0.3, -0.25) is 4.79 Å². The van der Waals surface area contributed by atoms with Crippen LogP contribution in [-0.4, -0.2) is 39.2 Å². The van der Waals surface area contributed by atoms with Crippen molar-refractivity contribution in [2.24, 2.45) is 0 Å². The fraction of sp³-hybridized carbons (Fsp3) is 0.357. The van der Waals surface area contributed by atoms with E-state index in [1.54, 1.807) is 0 Å². The number of hydrogen-bond acceptors (Lipinski definition) is 4. The van der Waals surface area contributed by atoms with E-state index in [-0.39, 0.29) is 12.5 Å². The molecule has 0 fully saturated rings. The summed E-state index contributed by atoms with van der Waals surface area (Å²) in [6.07, 6.45) is 3.96. The van der Waals surface area contributed by atoms with Crippen molar-refractivity contribution in [3.05, 3.63) is 42.2 Å². The van der Waals surface area contributed by atoms with Gasteiger partial charge in [0.05, 0.1) is 11.9 Å². The first-order valence-corrected chi connectivity index (χ1v) is 6.68. The predicted octanol–water partition coefficient (Wildman–Crippen LogP) is 1.16. The Balaban J connectivity index is 1.87. The average Bonchev–Trinajstić information content (AvgIpc) is 2.98. The Morgan fingerprint density at radius 2 is 2.00 bits per heavy atom. The van der Waals surface area contributed by atoms with E-state index in [0.717, 1.165) is 24.9 Å². The molecule has 1 aromatic carbocycles. The first-order valence-electron chi connectivity index (χ1n) is 6.68. The molecule has 1 aromatic heterocycles. The van der Waals surface area contributed by atoms with Gasteiger partial charge in [-0.2, -0.15) is 9.90 Å². The van der Waals surface area contributed by atoms with Crippen LogP contribution in [0.15, 0.2) is 36.5 Å². The molecule has 0 radical (unpaired) electrons. The van der Waals surface area contributed by atoms with Gasteiger partial charge in [-0.15, -0.1) is 5.10 Å². The molecule has 0 aliphatic heterocycles. The van der Waals surface area contributed by atoms with E-state index >= 15 is 0 Å². The number of amides is 1. The van der Waals surface area contributed by atoms with E-state index in [9.17, 15) is 4.79 Å². The van der Waals surface area contributed by atoms with Crippen molar-refractivity contribution in [1.82, 2.24) is 20.3 Å². The van der Waals surface area contributed by atoms with Crippen molar-refractivity contribution in [1.29, 1.82) is 0 Å². The first-order chi connectivity index (χ1) is 9.81. The van der Waals surface area contributed by atoms with E-state index in [2.05, 4.69) is 15.5 Å². The summed E-state index contributed by atoms with van der Waals surface area (Å²) in [6.45, 7) is 0.774. The molecule has 1 amide bonds. The van der Waals surface area contributed by atoms with Gasteiger partial charge in [-0.25, -0.2) is 0 Å². The highest BCUT2D eigenvalue weighted by Gasteiger charge is 2.10. The lowest BCUT2D eigenvalue weighted by Gasteiger charge is -2.02. The van der Waals surface area contributed by atoms with Gasteiger partial charge in [-0.1, -0.05) is 18.2 Å². The molecule has 0 saturated carbocycles. The summed E-state index contributed by atoms with van der Waals surface area (Å²) < 4.78 is 0. The summed E-state index contributed by atoms with van der Waals surface area (Å²) in [7, 11) is 0. The van der Waals surface area contributed by atoms with Gasteiger partial charge in [0.2, 0.25) is 0 Å². The Morgan fingerprint density at radius 1 is 1.20 bits per heavy atom. The highest BCUT2D eigenvalue weighted by molar-refractivity contribution is 5.91. The van der Waals surface area contributed by atoms with E-state index in [1.165, 1.54) is 11.0 Å². The molecule has 106 valence electrons. The van der Waals surface area contributed by atoms with Gasteiger partial charge >= 0.3 is 0 Å². The molecule has 0 atom stereocenters. The minimum Gasteiger partial charge on any atom is -0.396 e. The molecule has 6 heteroatoms. The van der Waals surface area contributed by atoms with E-state index in [0.29, 0.717) is 12.2 Å². The standard InChI is InChI=1S/C14H18N4O2/c19-10-6-2-5-9-15-14(20)13-11-16-18(17-13)12-7-3-1-4-8-12/h1,3-4,7-8,11,19H,2,5-6,9-10H2,(H,15,20). The number of para-hydroxylation sites is 1. The average molecular weight is 274 g/mol. The molecule has 2 N–H and O–H groups in total. The molecule has 0 aliphatic rings. The third kappa shape index (κ3) is 3.89. The molecule has 0 aliphatic carbocycles. The molecule has 2 aromatic rings. The van der Waals surface area contributed by atoms with Crippen molar-refractivity contribution >= 4 is 5.91 Å². The normalized spacial score (nSPS) is 10.4. The zero-order valence-corrected chi connectivity index (χ0v) is 11.2. The number of aromatic nitrogens is 3. The van der Waals surface area contributed by atoms with Crippen molar-refractivity contribution < 1.29 is 9.90 Å². The summed E-state index contributed by atoms with van der Waals surface area (Å²) in [5.74, 6) is -0.226. The summed E-state index contributed by atoms with van der Waals surface area (Å²) >= 11 is 0. The Labute approximate surface area is 117 Å². The number of nitrogens with zero attached hydrogens (tertiary/aromatic N) is 3. The van der Waals surface area contributed by atoms with Crippen LogP contribution in [0, 0.1) is 0 Å². The van der Waals surface area contributed by atoms with Crippen molar-refractivity contribution in [3.8, 4) is 5.69 Å². The highest BCUT2D eigenvalue weighted by Crippen LogP contribution is 2.04. The third-order valence-corrected chi connectivity index (χ3v) is 2.83. The number of carbonyl (C=O) groups excluding carboxylic acids is 1. The summed E-state index contributed by atoms with van der Waals surface area (Å²) in [5.41, 5.74) is 1.12. The molecule has 6 nitrogen and oxygen atoms in total. The quantitative estimate of drug-likeness (QED) is 0.742. The summed E-state index contributed by atoms with van der Waals surface area (Å²) in [6, 6.07) is 9.43. The van der Waals surface area contributed by atoms with Crippen LogP contribution in [0.1, 0.15) is 29.8 Å². The molecular weight excluding hydrogens is 256 g/mol. The molecule has 2 rings (SSSR count). The summed E-state index contributed by atoms with van der Waals surface area (Å²) in [4.78, 5) is 13.3. The van der Waals surface area contributed by atoms with Crippen molar-refractivity contribution in [2.75, 3.05) is 13.2 Å². The number of benzene rings is 1. The maximum atomic E-state index is 11.8. The Kier molecular flexibility index (Phi) is 5.25. The molecule has 0 bridgehead atoms. The van der Waals surface area contributed by atoms with Crippen LogP contribution in [0.4, 0.5) is 0 Å². The Hall–Kier alpha value is -2.21. The largest absolute Gasteiger partial charge is 0.396 e. The van der Waals surface area contributed by atoms with Crippen molar-refractivity contribution in [2.45, 2.75) is 19.3 Å². The fourth-order valence-electron chi connectivity index (χ4n) is 1.76. The highest BCUT2D eigenvalue weighted by atomic mass is 16.2. The predicted molar refractivity (Wildman–Crippen MR) is 74.6 cm³/mol. The number of nitrogens with one attached hydrogen (secondary N) is 1. The Bertz CT molecular complexity index is 539. The SMILES string of the molecule is O=C(NCCCCCO)c1cnn(-c2ccccc2)n1. The van der Waals surface area contributed by atoms with Crippen LogP contribution in [0.25, 0.3) is 5.69 Å². The van der Waals surface area contributed by atoms with Gasteiger partial charge in [-0.05, 0) is 31.4 Å². The number of unbranched alkanes of at least 4 members (excludes halogenated alkanes) is 2. The number of hydrogen-bond donors (Lipinski definition) is 2. The minimum atomic E-state index is -0.226. The second-order valence-corrected chi connectivity index (χ2v) is 4.39. The maximum Gasteiger partial charge on any atom is 0.273 e. The van der Waals surface area contributed by atoms with E-state index in [1.807, 2.05) is 30.3 Å². The lowest BCUT2D eigenvalue weighted by molar-refractivity contribution is 0.0947. The fourth-order valence-corrected chi connectivity index (χ4v) is 1.76. The van der Waals surface area contributed by atoms with Crippen LogP contribution in [0.3, 0.4) is 0 Å². The van der Waals surface area contributed by atoms with Gasteiger partial charge in [0.1, 0.15) is 0 Å². The third-order valence-electron chi connectivity index (χ3n) is 2.83. The van der Waals surface area contributed by atoms with Crippen LogP contribution >= 0.6 is 0 Å². The maximum absolute atomic E-state index is 11.8. The smallest absolute Gasteiger partial charge is 0.273 e. The molecule has 20 heavy (non-hydrogen) atoms. The first kappa shape index (κ1) is 14.2. The second-order valence-electron chi connectivity index (χ2n) is 4.39. The van der Waals surface area contributed by atoms with E-state index in [4.69, 9.17) is 5.11 Å². The topological polar surface area (TPSA) is 80.0 Å². The second kappa shape index (κ2) is 7.40. The summed E-state index contributed by atoms with van der Waals surface area (Å²) in [5, 5.41) is 19.7. The zero-order chi connectivity index (χ0) is 14.2. The lowest BCUT2D eigenvalue weighted by atomic mass is 10.2. The number of rotatable bonds is 7. The van der Waals surface area contributed by atoms with Gasteiger partial charge in [0, 0.05) is 13.2 Å². The van der Waals surface area contributed by atoms with Crippen molar-refractivity contribution in [3.63, 3.8) is 0 Å². The number of carbonyl (C=O) groups is 1. The van der Waals surface area contributed by atoms with Crippen LogP contribution < -0.4 is 5.32 Å². The van der Waals surface area contributed by atoms with Gasteiger partial charge in [0.25, 0.3) is 5.91 Å².